The molecular weight excluding hydrogens is 540 g/mol. The molecule has 1 aromatic heterocycles. The molecule has 0 saturated heterocycles. The topological polar surface area (TPSA) is 173 Å². The Kier molecular flexibility index (Phi) is 13.0. The van der Waals surface area contributed by atoms with Crippen molar-refractivity contribution in [3.63, 3.8) is 0 Å². The maximum absolute atomic E-state index is 12.4. The van der Waals surface area contributed by atoms with Crippen LogP contribution in [0.1, 0.15) is 64.1 Å². The van der Waals surface area contributed by atoms with Crippen molar-refractivity contribution in [3.8, 4) is 0 Å². The van der Waals surface area contributed by atoms with Gasteiger partial charge in [-0.25, -0.2) is 14.6 Å². The third kappa shape index (κ3) is 13.7. The molecule has 0 saturated carbocycles. The monoisotopic (exact) mass is 576 g/mol. The summed E-state index contributed by atoms with van der Waals surface area (Å²) in [6.07, 6.45) is 1.10. The standard InChI is InChI=1S/C27H36N4O8S/c1-27(2,3)39-26(37)28-13-9-5-8-12-21(32)31-25-29-19(17-40-25)14-22(33)30-20(24(35)36)15-23(34)38-16-18-10-6-4-7-11-18/h4,6-7,10-11,17,20H,5,8-9,12-16H2,1-3H3,(H,28,37)(H,30,33)(H,35,36)(H,29,31,32)/t20-/m0/s1. The third-order valence-corrected chi connectivity index (χ3v) is 5.94. The summed E-state index contributed by atoms with van der Waals surface area (Å²) in [7, 11) is 0. The Hall–Kier alpha value is -4.00. The highest BCUT2D eigenvalue weighted by Gasteiger charge is 2.24. The van der Waals surface area contributed by atoms with Crippen LogP contribution in [0.15, 0.2) is 35.7 Å². The molecule has 0 bridgehead atoms. The summed E-state index contributed by atoms with van der Waals surface area (Å²) < 4.78 is 10.2. The van der Waals surface area contributed by atoms with Gasteiger partial charge in [-0.3, -0.25) is 14.4 Å². The highest BCUT2D eigenvalue weighted by Crippen LogP contribution is 2.17. The number of hydrogen-bond donors (Lipinski definition) is 4. The second kappa shape index (κ2) is 16.2. The van der Waals surface area contributed by atoms with Crippen molar-refractivity contribution >= 4 is 46.3 Å². The van der Waals surface area contributed by atoms with Gasteiger partial charge in [0.2, 0.25) is 11.8 Å². The van der Waals surface area contributed by atoms with Crippen molar-refractivity contribution in [1.29, 1.82) is 0 Å². The van der Waals surface area contributed by atoms with Gasteiger partial charge in [-0.15, -0.1) is 11.3 Å². The molecule has 13 heteroatoms. The van der Waals surface area contributed by atoms with E-state index in [1.807, 2.05) is 6.07 Å². The Balaban J connectivity index is 1.67. The van der Waals surface area contributed by atoms with E-state index in [9.17, 15) is 29.1 Å². The van der Waals surface area contributed by atoms with Gasteiger partial charge in [0.15, 0.2) is 5.13 Å². The van der Waals surface area contributed by atoms with Gasteiger partial charge in [0, 0.05) is 18.3 Å². The first-order valence-electron chi connectivity index (χ1n) is 12.8. The van der Waals surface area contributed by atoms with Crippen molar-refractivity contribution in [1.82, 2.24) is 15.6 Å². The van der Waals surface area contributed by atoms with Crippen LogP contribution >= 0.6 is 11.3 Å². The molecule has 2 aromatic rings. The summed E-state index contributed by atoms with van der Waals surface area (Å²) in [5.74, 6) is -2.98. The molecule has 0 fully saturated rings. The van der Waals surface area contributed by atoms with Gasteiger partial charge in [-0.05, 0) is 39.2 Å². The van der Waals surface area contributed by atoms with E-state index >= 15 is 0 Å². The number of carbonyl (C=O) groups is 5. The summed E-state index contributed by atoms with van der Waals surface area (Å²) >= 11 is 1.14. The average molecular weight is 577 g/mol. The number of hydrogen-bond acceptors (Lipinski definition) is 9. The second-order valence-electron chi connectivity index (χ2n) is 9.92. The number of anilines is 1. The molecule has 0 unspecified atom stereocenters. The third-order valence-electron chi connectivity index (χ3n) is 5.14. The summed E-state index contributed by atoms with van der Waals surface area (Å²) in [5, 5.41) is 19.0. The van der Waals surface area contributed by atoms with Crippen LogP contribution in [0.4, 0.5) is 9.93 Å². The molecule has 2 rings (SSSR count). The first-order chi connectivity index (χ1) is 18.9. The van der Waals surface area contributed by atoms with E-state index in [1.54, 1.807) is 50.4 Å². The van der Waals surface area contributed by atoms with Crippen molar-refractivity contribution < 1.29 is 38.6 Å². The number of unbranched alkanes of at least 4 members (excludes halogenated alkanes) is 2. The lowest BCUT2D eigenvalue weighted by molar-refractivity contribution is -0.151. The minimum atomic E-state index is -1.45. The molecule has 1 aromatic carbocycles. The van der Waals surface area contributed by atoms with Gasteiger partial charge in [0.25, 0.3) is 0 Å². The number of rotatable bonds is 15. The molecule has 1 atom stereocenters. The van der Waals surface area contributed by atoms with Crippen LogP contribution in [0.5, 0.6) is 0 Å². The number of carboxylic acids is 1. The number of amides is 3. The highest BCUT2D eigenvalue weighted by molar-refractivity contribution is 7.13. The van der Waals surface area contributed by atoms with Crippen LogP contribution in [0.25, 0.3) is 0 Å². The number of ether oxygens (including phenoxy) is 2. The highest BCUT2D eigenvalue weighted by atomic mass is 32.1. The van der Waals surface area contributed by atoms with Crippen molar-refractivity contribution in [2.24, 2.45) is 0 Å². The van der Waals surface area contributed by atoms with E-state index in [2.05, 4.69) is 20.9 Å². The largest absolute Gasteiger partial charge is 0.480 e. The molecular formula is C27H36N4O8S. The number of alkyl carbamates (subject to hydrolysis) is 1. The molecule has 1 heterocycles. The minimum absolute atomic E-state index is 0.00140. The zero-order chi connectivity index (χ0) is 29.5. The van der Waals surface area contributed by atoms with Crippen LogP contribution in [0, 0.1) is 0 Å². The molecule has 0 aliphatic carbocycles. The Labute approximate surface area is 236 Å². The Morgan fingerprint density at radius 3 is 2.42 bits per heavy atom. The summed E-state index contributed by atoms with van der Waals surface area (Å²) in [4.78, 5) is 64.0. The molecule has 3 amide bonds. The second-order valence-corrected chi connectivity index (χ2v) is 10.8. The molecule has 4 N–H and O–H groups in total. The molecule has 0 radical (unpaired) electrons. The Morgan fingerprint density at radius 2 is 1.75 bits per heavy atom. The number of thiazole rings is 1. The van der Waals surface area contributed by atoms with Crippen LogP contribution in [0.3, 0.4) is 0 Å². The lowest BCUT2D eigenvalue weighted by Crippen LogP contribution is -2.43. The number of aromatic nitrogens is 1. The fraction of sp³-hybridized carbons (Fsp3) is 0.481. The van der Waals surface area contributed by atoms with E-state index in [0.717, 1.165) is 23.3 Å². The number of carboxylic acid groups (broad SMARTS) is 1. The van der Waals surface area contributed by atoms with E-state index < -0.39 is 42.0 Å². The summed E-state index contributed by atoms with van der Waals surface area (Å²) in [5.41, 5.74) is 0.550. The number of carbonyl (C=O) groups excluding carboxylic acids is 4. The van der Waals surface area contributed by atoms with Crippen molar-refractivity contribution in [3.05, 3.63) is 47.0 Å². The zero-order valence-electron chi connectivity index (χ0n) is 22.9. The van der Waals surface area contributed by atoms with Gasteiger partial charge >= 0.3 is 18.0 Å². The molecule has 0 aliphatic heterocycles. The molecule has 12 nitrogen and oxygen atoms in total. The van der Waals surface area contributed by atoms with E-state index in [0.29, 0.717) is 30.2 Å². The lowest BCUT2D eigenvalue weighted by atomic mass is 10.2. The summed E-state index contributed by atoms with van der Waals surface area (Å²) in [6.45, 7) is 5.81. The van der Waals surface area contributed by atoms with Crippen molar-refractivity contribution in [2.45, 2.75) is 77.5 Å². The smallest absolute Gasteiger partial charge is 0.407 e. The normalized spacial score (nSPS) is 11.7. The van der Waals surface area contributed by atoms with Gasteiger partial charge in [-0.2, -0.15) is 0 Å². The minimum Gasteiger partial charge on any atom is -0.480 e. The Morgan fingerprint density at radius 1 is 1.02 bits per heavy atom. The van der Waals surface area contributed by atoms with Crippen LogP contribution < -0.4 is 16.0 Å². The van der Waals surface area contributed by atoms with E-state index in [1.165, 1.54) is 0 Å². The summed E-state index contributed by atoms with van der Waals surface area (Å²) in [6, 6.07) is 7.48. The van der Waals surface area contributed by atoms with Gasteiger partial charge in [0.05, 0.1) is 18.5 Å². The fourth-order valence-electron chi connectivity index (χ4n) is 3.29. The Bertz CT molecular complexity index is 1150. The molecule has 0 spiro atoms. The number of nitrogens with one attached hydrogen (secondary N) is 3. The fourth-order valence-corrected chi connectivity index (χ4v) is 4.02. The van der Waals surface area contributed by atoms with Crippen LogP contribution in [-0.4, -0.2) is 58.1 Å². The predicted octanol–water partition coefficient (Wildman–Crippen LogP) is 3.41. The molecule has 218 valence electrons. The number of aliphatic carboxylic acids is 1. The van der Waals surface area contributed by atoms with Crippen molar-refractivity contribution in [2.75, 3.05) is 11.9 Å². The average Bonchev–Trinajstić information content (AvgIpc) is 3.30. The maximum Gasteiger partial charge on any atom is 0.407 e. The number of esters is 1. The molecule has 40 heavy (non-hydrogen) atoms. The van der Waals surface area contributed by atoms with Crippen LogP contribution in [0.2, 0.25) is 0 Å². The van der Waals surface area contributed by atoms with Crippen LogP contribution in [-0.2, 0) is 41.7 Å². The zero-order valence-corrected chi connectivity index (χ0v) is 23.7. The van der Waals surface area contributed by atoms with Gasteiger partial charge in [0.1, 0.15) is 18.2 Å². The van der Waals surface area contributed by atoms with Gasteiger partial charge in [-0.1, -0.05) is 36.8 Å². The maximum atomic E-state index is 12.4. The lowest BCUT2D eigenvalue weighted by Gasteiger charge is -2.19. The number of benzene rings is 1. The van der Waals surface area contributed by atoms with E-state index in [4.69, 9.17) is 9.47 Å². The SMILES string of the molecule is CC(C)(C)OC(=O)NCCCCCC(=O)Nc1nc(CC(=O)N[C@@H](CC(=O)OCc2ccccc2)C(=O)O)cs1. The van der Waals surface area contributed by atoms with E-state index in [-0.39, 0.29) is 25.4 Å². The molecule has 0 aliphatic rings. The number of nitrogens with zero attached hydrogens (tertiary/aromatic N) is 1. The first kappa shape index (κ1) is 32.2. The predicted molar refractivity (Wildman–Crippen MR) is 148 cm³/mol. The quantitative estimate of drug-likeness (QED) is 0.183. The van der Waals surface area contributed by atoms with Gasteiger partial charge < -0.3 is 30.5 Å². The first-order valence-corrected chi connectivity index (χ1v) is 13.7.